The Hall–Kier alpha value is -1.18. The van der Waals surface area contributed by atoms with Gasteiger partial charge in [-0.05, 0) is 44.7 Å². The molecule has 0 saturated heterocycles. The van der Waals surface area contributed by atoms with E-state index in [9.17, 15) is 0 Å². The molecule has 92 valence electrons. The van der Waals surface area contributed by atoms with Crippen molar-refractivity contribution in [2.45, 2.75) is 44.6 Å². The molecule has 2 atom stereocenters. The number of fused-ring (bicyclic) bond motifs is 3. The molecule has 1 aromatic rings. The molecule has 2 aliphatic rings. The van der Waals surface area contributed by atoms with Gasteiger partial charge < -0.3 is 9.47 Å². The van der Waals surface area contributed by atoms with Crippen LogP contribution >= 0.6 is 0 Å². The van der Waals surface area contributed by atoms with Crippen LogP contribution in [-0.4, -0.2) is 12.7 Å². The lowest BCUT2D eigenvalue weighted by molar-refractivity contribution is 0.0192. The second-order valence-corrected chi connectivity index (χ2v) is 5.72. The van der Waals surface area contributed by atoms with Crippen LogP contribution < -0.4 is 9.47 Å². The molecule has 0 bridgehead atoms. The smallest absolute Gasteiger partial charge is 0.127 e. The second-order valence-electron chi connectivity index (χ2n) is 5.72. The fraction of sp³-hybridized carbons (Fsp3) is 0.600. The van der Waals surface area contributed by atoms with Crippen LogP contribution in [0.15, 0.2) is 18.2 Å². The lowest BCUT2D eigenvalue weighted by Gasteiger charge is -2.42. The van der Waals surface area contributed by atoms with E-state index < -0.39 is 0 Å². The van der Waals surface area contributed by atoms with Crippen LogP contribution in [0.25, 0.3) is 0 Å². The molecular formula is C15H20O2. The summed E-state index contributed by atoms with van der Waals surface area (Å²) in [6.07, 6.45) is 3.85. The standard InChI is InChI=1S/C15H20O2/c1-15(2)11-7-4-6-10(11)14-12(16-3)8-5-9-13(14)17-15/h5,8-11H,4,6-7H2,1-3H3/t10-,11+/m0/s1. The maximum Gasteiger partial charge on any atom is 0.127 e. The molecule has 0 radical (unpaired) electrons. The van der Waals surface area contributed by atoms with Crippen LogP contribution in [0, 0.1) is 5.92 Å². The summed E-state index contributed by atoms with van der Waals surface area (Å²) in [6.45, 7) is 4.44. The van der Waals surface area contributed by atoms with Gasteiger partial charge in [-0.1, -0.05) is 12.5 Å². The van der Waals surface area contributed by atoms with Gasteiger partial charge in [-0.2, -0.15) is 0 Å². The van der Waals surface area contributed by atoms with E-state index in [2.05, 4.69) is 26.0 Å². The highest BCUT2D eigenvalue weighted by molar-refractivity contribution is 5.50. The van der Waals surface area contributed by atoms with Gasteiger partial charge in [0.05, 0.1) is 7.11 Å². The molecule has 1 aromatic carbocycles. The quantitative estimate of drug-likeness (QED) is 0.734. The zero-order valence-corrected chi connectivity index (χ0v) is 10.8. The molecule has 1 aliphatic heterocycles. The Morgan fingerprint density at radius 1 is 1.29 bits per heavy atom. The summed E-state index contributed by atoms with van der Waals surface area (Å²) in [5.74, 6) is 3.27. The van der Waals surface area contributed by atoms with E-state index in [-0.39, 0.29) is 5.60 Å². The van der Waals surface area contributed by atoms with Gasteiger partial charge in [0, 0.05) is 11.5 Å². The van der Waals surface area contributed by atoms with Gasteiger partial charge in [-0.15, -0.1) is 0 Å². The summed E-state index contributed by atoms with van der Waals surface area (Å²) in [7, 11) is 1.75. The molecule has 17 heavy (non-hydrogen) atoms. The van der Waals surface area contributed by atoms with Crippen LogP contribution in [0.4, 0.5) is 0 Å². The molecule has 0 N–H and O–H groups in total. The molecule has 2 nitrogen and oxygen atoms in total. The maximum atomic E-state index is 6.20. The summed E-state index contributed by atoms with van der Waals surface area (Å²) in [4.78, 5) is 0. The van der Waals surface area contributed by atoms with E-state index in [1.54, 1.807) is 7.11 Å². The number of hydrogen-bond donors (Lipinski definition) is 0. The molecule has 1 heterocycles. The topological polar surface area (TPSA) is 18.5 Å². The van der Waals surface area contributed by atoms with Crippen molar-refractivity contribution in [1.82, 2.24) is 0 Å². The Kier molecular flexibility index (Phi) is 2.35. The number of hydrogen-bond acceptors (Lipinski definition) is 2. The summed E-state index contributed by atoms with van der Waals surface area (Å²) in [5.41, 5.74) is 1.26. The Bertz CT molecular complexity index is 437. The molecule has 1 saturated carbocycles. The summed E-state index contributed by atoms with van der Waals surface area (Å²) in [5, 5.41) is 0. The first kappa shape index (κ1) is 10.9. The summed E-state index contributed by atoms with van der Waals surface area (Å²) >= 11 is 0. The first-order chi connectivity index (χ1) is 8.13. The largest absolute Gasteiger partial charge is 0.496 e. The molecule has 0 unspecified atom stereocenters. The van der Waals surface area contributed by atoms with Crippen molar-refractivity contribution >= 4 is 0 Å². The molecule has 0 spiro atoms. The third-order valence-corrected chi connectivity index (χ3v) is 4.40. The van der Waals surface area contributed by atoms with E-state index >= 15 is 0 Å². The molecule has 3 rings (SSSR count). The highest BCUT2D eigenvalue weighted by Gasteiger charge is 2.47. The number of rotatable bonds is 1. The van der Waals surface area contributed by atoms with Crippen molar-refractivity contribution in [3.05, 3.63) is 23.8 Å². The van der Waals surface area contributed by atoms with E-state index in [1.165, 1.54) is 24.8 Å². The minimum Gasteiger partial charge on any atom is -0.496 e. The van der Waals surface area contributed by atoms with Crippen molar-refractivity contribution in [3.8, 4) is 11.5 Å². The fourth-order valence-electron chi connectivity index (χ4n) is 3.65. The van der Waals surface area contributed by atoms with E-state index in [0.717, 1.165) is 11.5 Å². The van der Waals surface area contributed by atoms with Crippen LogP contribution in [0.1, 0.15) is 44.6 Å². The molecule has 1 aliphatic carbocycles. The Morgan fingerprint density at radius 2 is 2.12 bits per heavy atom. The first-order valence-corrected chi connectivity index (χ1v) is 6.49. The van der Waals surface area contributed by atoms with Crippen LogP contribution in [0.2, 0.25) is 0 Å². The summed E-state index contributed by atoms with van der Waals surface area (Å²) < 4.78 is 11.7. The SMILES string of the molecule is COc1cccc2c1[C@H]1CCC[C@H]1C(C)(C)O2. The highest BCUT2D eigenvalue weighted by atomic mass is 16.5. The van der Waals surface area contributed by atoms with Crippen molar-refractivity contribution < 1.29 is 9.47 Å². The number of ether oxygens (including phenoxy) is 2. The molecule has 2 heteroatoms. The van der Waals surface area contributed by atoms with E-state index in [0.29, 0.717) is 11.8 Å². The normalized spacial score (nSPS) is 29.1. The third kappa shape index (κ3) is 1.54. The van der Waals surface area contributed by atoms with Gasteiger partial charge >= 0.3 is 0 Å². The maximum absolute atomic E-state index is 6.20. The molecular weight excluding hydrogens is 212 g/mol. The summed E-state index contributed by atoms with van der Waals surface area (Å²) in [6, 6.07) is 6.15. The number of benzene rings is 1. The number of methoxy groups -OCH3 is 1. The van der Waals surface area contributed by atoms with Crippen molar-refractivity contribution in [2.75, 3.05) is 7.11 Å². The fourth-order valence-corrected chi connectivity index (χ4v) is 3.65. The van der Waals surface area contributed by atoms with Crippen molar-refractivity contribution in [1.29, 1.82) is 0 Å². The zero-order valence-electron chi connectivity index (χ0n) is 10.8. The molecule has 1 fully saturated rings. The van der Waals surface area contributed by atoms with Gasteiger partial charge in [-0.3, -0.25) is 0 Å². The molecule has 0 amide bonds. The highest BCUT2D eigenvalue weighted by Crippen LogP contribution is 2.55. The lowest BCUT2D eigenvalue weighted by atomic mass is 9.76. The van der Waals surface area contributed by atoms with Crippen LogP contribution in [0.5, 0.6) is 11.5 Å². The second kappa shape index (κ2) is 3.66. The average molecular weight is 232 g/mol. The predicted molar refractivity (Wildman–Crippen MR) is 67.8 cm³/mol. The Balaban J connectivity index is 2.14. The lowest BCUT2D eigenvalue weighted by Crippen LogP contribution is -2.42. The van der Waals surface area contributed by atoms with Crippen molar-refractivity contribution in [2.24, 2.45) is 5.92 Å². The van der Waals surface area contributed by atoms with Crippen LogP contribution in [0.3, 0.4) is 0 Å². The average Bonchev–Trinajstić information content (AvgIpc) is 2.77. The third-order valence-electron chi connectivity index (χ3n) is 4.40. The van der Waals surface area contributed by atoms with Gasteiger partial charge in [0.25, 0.3) is 0 Å². The van der Waals surface area contributed by atoms with Gasteiger partial charge in [0.2, 0.25) is 0 Å². The predicted octanol–water partition coefficient (Wildman–Crippen LogP) is 3.75. The van der Waals surface area contributed by atoms with Gasteiger partial charge in [0.15, 0.2) is 0 Å². The minimum absolute atomic E-state index is 0.0411. The minimum atomic E-state index is -0.0411. The first-order valence-electron chi connectivity index (χ1n) is 6.49. The van der Waals surface area contributed by atoms with E-state index in [4.69, 9.17) is 9.47 Å². The Morgan fingerprint density at radius 3 is 2.88 bits per heavy atom. The zero-order chi connectivity index (χ0) is 12.0. The van der Waals surface area contributed by atoms with Crippen molar-refractivity contribution in [3.63, 3.8) is 0 Å². The monoisotopic (exact) mass is 232 g/mol. The molecule has 0 aromatic heterocycles. The van der Waals surface area contributed by atoms with E-state index in [1.807, 2.05) is 6.07 Å². The Labute approximate surface area is 103 Å². The van der Waals surface area contributed by atoms with Crippen LogP contribution in [-0.2, 0) is 0 Å². The van der Waals surface area contributed by atoms with Gasteiger partial charge in [-0.25, -0.2) is 0 Å². The van der Waals surface area contributed by atoms with Gasteiger partial charge in [0.1, 0.15) is 17.1 Å².